The Bertz CT molecular complexity index is 657. The van der Waals surface area contributed by atoms with Crippen LogP contribution in [0.1, 0.15) is 36.6 Å². The van der Waals surface area contributed by atoms with E-state index in [-0.39, 0.29) is 11.5 Å². The van der Waals surface area contributed by atoms with E-state index in [9.17, 15) is 9.59 Å². The van der Waals surface area contributed by atoms with Crippen molar-refractivity contribution >= 4 is 5.91 Å². The lowest BCUT2D eigenvalue weighted by atomic mass is 9.97. The Kier molecular flexibility index (Phi) is 4.37. The normalized spacial score (nSPS) is 18.4. The molecule has 1 aliphatic rings. The van der Waals surface area contributed by atoms with Crippen LogP contribution in [0.25, 0.3) is 0 Å². The topological polar surface area (TPSA) is 81.8 Å². The summed E-state index contributed by atoms with van der Waals surface area (Å²) in [7, 11) is 0. The Hall–Kier alpha value is -2.37. The quantitative estimate of drug-likeness (QED) is 0.896. The minimum Gasteiger partial charge on any atom is -0.348 e. The maximum atomic E-state index is 12.4. The second-order valence-corrected chi connectivity index (χ2v) is 5.71. The molecule has 2 N–H and O–H groups in total. The first-order valence-corrected chi connectivity index (χ1v) is 7.67. The summed E-state index contributed by atoms with van der Waals surface area (Å²) < 4.78 is 0. The number of rotatable bonds is 4. The van der Waals surface area contributed by atoms with Gasteiger partial charge in [0.05, 0.1) is 0 Å². The van der Waals surface area contributed by atoms with Crippen molar-refractivity contribution < 1.29 is 4.79 Å². The summed E-state index contributed by atoms with van der Waals surface area (Å²) in [6.45, 7) is 1.56. The van der Waals surface area contributed by atoms with Crippen molar-refractivity contribution in [3.05, 3.63) is 52.5 Å². The van der Waals surface area contributed by atoms with Crippen molar-refractivity contribution in [2.45, 2.75) is 31.6 Å². The smallest absolute Gasteiger partial charge is 0.247 e. The summed E-state index contributed by atoms with van der Waals surface area (Å²) in [6.07, 6.45) is 8.46. The molecule has 2 aromatic rings. The minimum absolute atomic E-state index is 0.118. The summed E-state index contributed by atoms with van der Waals surface area (Å²) in [5, 5.41) is 0. The number of H-pyrrole nitrogens is 2. The number of amides is 1. The number of imidazole rings is 1. The van der Waals surface area contributed by atoms with Crippen LogP contribution in [-0.4, -0.2) is 38.8 Å². The van der Waals surface area contributed by atoms with Crippen molar-refractivity contribution in [1.82, 2.24) is 19.9 Å². The Morgan fingerprint density at radius 1 is 1.36 bits per heavy atom. The third-order valence-corrected chi connectivity index (χ3v) is 4.16. The lowest BCUT2D eigenvalue weighted by Crippen LogP contribution is -2.39. The second-order valence-electron chi connectivity index (χ2n) is 5.71. The Labute approximate surface area is 128 Å². The van der Waals surface area contributed by atoms with Crippen LogP contribution in [0.15, 0.2) is 35.5 Å². The van der Waals surface area contributed by atoms with E-state index in [1.165, 1.54) is 6.07 Å². The summed E-state index contributed by atoms with van der Waals surface area (Å²) in [5.41, 5.74) is 0.861. The van der Waals surface area contributed by atoms with E-state index in [0.29, 0.717) is 18.8 Å². The molecule has 0 aliphatic carbocycles. The molecule has 1 amide bonds. The monoisotopic (exact) mass is 300 g/mol. The molecule has 1 atom stereocenters. The van der Waals surface area contributed by atoms with E-state index in [2.05, 4.69) is 15.0 Å². The van der Waals surface area contributed by atoms with Crippen molar-refractivity contribution in [2.24, 2.45) is 0 Å². The minimum atomic E-state index is -0.118. The number of nitrogens with one attached hydrogen (secondary N) is 2. The number of carbonyl (C=O) groups excluding carboxylic acids is 1. The number of aromatic amines is 2. The fraction of sp³-hybridized carbons (Fsp3) is 0.438. The highest BCUT2D eigenvalue weighted by molar-refractivity contribution is 5.76. The van der Waals surface area contributed by atoms with Gasteiger partial charge in [0.15, 0.2) is 0 Å². The summed E-state index contributed by atoms with van der Waals surface area (Å²) >= 11 is 0. The number of piperidine rings is 1. The number of hydrogen-bond acceptors (Lipinski definition) is 3. The zero-order valence-electron chi connectivity index (χ0n) is 12.4. The van der Waals surface area contributed by atoms with Crippen LogP contribution in [0.5, 0.6) is 0 Å². The van der Waals surface area contributed by atoms with Crippen molar-refractivity contribution in [2.75, 3.05) is 13.1 Å². The first-order valence-electron chi connectivity index (χ1n) is 7.67. The highest BCUT2D eigenvalue weighted by Gasteiger charge is 2.25. The molecule has 0 bridgehead atoms. The van der Waals surface area contributed by atoms with Gasteiger partial charge in [-0.15, -0.1) is 0 Å². The number of likely N-dealkylation sites (tertiary alicyclic amines) is 1. The van der Waals surface area contributed by atoms with Gasteiger partial charge in [0.2, 0.25) is 11.5 Å². The molecule has 1 saturated heterocycles. The molecular formula is C16H20N4O2. The largest absolute Gasteiger partial charge is 0.348 e. The van der Waals surface area contributed by atoms with Crippen molar-refractivity contribution in [3.8, 4) is 0 Å². The number of aryl methyl sites for hydroxylation is 1. The average Bonchev–Trinajstić information content (AvgIpc) is 3.09. The van der Waals surface area contributed by atoms with Crippen LogP contribution >= 0.6 is 0 Å². The highest BCUT2D eigenvalue weighted by atomic mass is 16.2. The van der Waals surface area contributed by atoms with E-state index in [1.54, 1.807) is 18.5 Å². The first-order chi connectivity index (χ1) is 10.7. The van der Waals surface area contributed by atoms with Gasteiger partial charge in [-0.05, 0) is 24.8 Å². The van der Waals surface area contributed by atoms with Crippen molar-refractivity contribution in [3.63, 3.8) is 0 Å². The molecule has 3 heterocycles. The van der Waals surface area contributed by atoms with E-state index in [1.807, 2.05) is 11.1 Å². The molecule has 116 valence electrons. The molecule has 22 heavy (non-hydrogen) atoms. The van der Waals surface area contributed by atoms with Gasteiger partial charge in [-0.2, -0.15) is 0 Å². The molecule has 6 nitrogen and oxygen atoms in total. The summed E-state index contributed by atoms with van der Waals surface area (Å²) in [4.78, 5) is 35.4. The second kappa shape index (κ2) is 6.60. The molecule has 1 unspecified atom stereocenters. The van der Waals surface area contributed by atoms with Gasteiger partial charge < -0.3 is 14.9 Å². The first kappa shape index (κ1) is 14.6. The van der Waals surface area contributed by atoms with Crippen LogP contribution in [0.2, 0.25) is 0 Å². The van der Waals surface area contributed by atoms with E-state index < -0.39 is 0 Å². The van der Waals surface area contributed by atoms with Gasteiger partial charge >= 0.3 is 0 Å². The predicted molar refractivity (Wildman–Crippen MR) is 82.5 cm³/mol. The lowest BCUT2D eigenvalue weighted by molar-refractivity contribution is -0.132. The van der Waals surface area contributed by atoms with Gasteiger partial charge in [-0.1, -0.05) is 6.07 Å². The summed E-state index contributed by atoms with van der Waals surface area (Å²) in [5.74, 6) is 1.45. The molecule has 0 aromatic carbocycles. The molecule has 0 radical (unpaired) electrons. The Balaban J connectivity index is 1.55. The lowest BCUT2D eigenvalue weighted by Gasteiger charge is -2.32. The summed E-state index contributed by atoms with van der Waals surface area (Å²) in [6, 6.07) is 3.27. The molecule has 6 heteroatoms. The Morgan fingerprint density at radius 2 is 2.27 bits per heavy atom. The average molecular weight is 300 g/mol. The SMILES string of the molecule is O=C(CCc1ccc(=O)[nH]c1)N1CCCC(c2ncc[nH]2)C1. The van der Waals surface area contributed by atoms with Crippen LogP contribution < -0.4 is 5.56 Å². The standard InChI is InChI=1S/C16H20N4O2/c21-14-5-3-12(10-19-14)4-6-15(22)20-9-1-2-13(11-20)16-17-7-8-18-16/h3,5,7-8,10,13H,1-2,4,6,9,11H2,(H,17,18)(H,19,21). The predicted octanol–water partition coefficient (Wildman–Crippen LogP) is 1.44. The maximum Gasteiger partial charge on any atom is 0.247 e. The molecular weight excluding hydrogens is 280 g/mol. The zero-order valence-corrected chi connectivity index (χ0v) is 12.4. The van der Waals surface area contributed by atoms with Gasteiger partial charge in [0, 0.05) is 50.1 Å². The molecule has 1 aliphatic heterocycles. The number of hydrogen-bond donors (Lipinski definition) is 2. The number of pyridine rings is 1. The zero-order chi connectivity index (χ0) is 15.4. The van der Waals surface area contributed by atoms with Gasteiger partial charge in [0.25, 0.3) is 0 Å². The van der Waals surface area contributed by atoms with E-state index in [4.69, 9.17) is 0 Å². The number of carbonyl (C=O) groups is 1. The Morgan fingerprint density at radius 3 is 3.00 bits per heavy atom. The van der Waals surface area contributed by atoms with Crippen LogP contribution in [-0.2, 0) is 11.2 Å². The molecule has 0 spiro atoms. The number of aromatic nitrogens is 3. The van der Waals surface area contributed by atoms with Crippen LogP contribution in [0.3, 0.4) is 0 Å². The van der Waals surface area contributed by atoms with Gasteiger partial charge in [-0.25, -0.2) is 4.98 Å². The molecule has 2 aromatic heterocycles. The third kappa shape index (κ3) is 3.44. The van der Waals surface area contributed by atoms with Gasteiger partial charge in [-0.3, -0.25) is 9.59 Å². The fourth-order valence-corrected chi connectivity index (χ4v) is 2.94. The van der Waals surface area contributed by atoms with Crippen molar-refractivity contribution in [1.29, 1.82) is 0 Å². The number of nitrogens with zero attached hydrogens (tertiary/aromatic N) is 2. The molecule has 0 saturated carbocycles. The molecule has 3 rings (SSSR count). The molecule has 1 fully saturated rings. The van der Waals surface area contributed by atoms with Crippen LogP contribution in [0, 0.1) is 0 Å². The fourth-order valence-electron chi connectivity index (χ4n) is 2.94. The van der Waals surface area contributed by atoms with E-state index >= 15 is 0 Å². The third-order valence-electron chi connectivity index (χ3n) is 4.16. The van der Waals surface area contributed by atoms with Crippen LogP contribution in [0.4, 0.5) is 0 Å². The van der Waals surface area contributed by atoms with Gasteiger partial charge in [0.1, 0.15) is 5.82 Å². The maximum absolute atomic E-state index is 12.4. The van der Waals surface area contributed by atoms with E-state index in [0.717, 1.165) is 37.3 Å². The highest BCUT2D eigenvalue weighted by Crippen LogP contribution is 2.24.